The molecule has 7 heteroatoms. The van der Waals surface area contributed by atoms with E-state index in [0.29, 0.717) is 10.8 Å². The molecule has 0 aromatic carbocycles. The average Bonchev–Trinajstić information content (AvgIpc) is 3.03. The summed E-state index contributed by atoms with van der Waals surface area (Å²) in [5.41, 5.74) is 1.02. The summed E-state index contributed by atoms with van der Waals surface area (Å²) < 4.78 is 33.6. The molecule has 21 heavy (non-hydrogen) atoms. The summed E-state index contributed by atoms with van der Waals surface area (Å²) in [5.74, 6) is 0. The van der Waals surface area contributed by atoms with Crippen molar-refractivity contribution in [2.24, 2.45) is 0 Å². The SMILES string of the molecule is CCNCc1sc(S(=O)(=O)NC2CCCC2OC)cc1C. The molecule has 1 fully saturated rings. The summed E-state index contributed by atoms with van der Waals surface area (Å²) in [7, 11) is -1.81. The maximum atomic E-state index is 12.5. The molecule has 1 aromatic rings. The lowest BCUT2D eigenvalue weighted by Gasteiger charge is -2.18. The van der Waals surface area contributed by atoms with Gasteiger partial charge in [-0.2, -0.15) is 0 Å². The van der Waals surface area contributed by atoms with E-state index in [1.807, 2.05) is 13.8 Å². The van der Waals surface area contributed by atoms with Crippen molar-refractivity contribution in [2.75, 3.05) is 13.7 Å². The Bertz CT molecular complexity index is 569. The summed E-state index contributed by atoms with van der Waals surface area (Å²) in [6.07, 6.45) is 2.74. The average molecular weight is 332 g/mol. The van der Waals surface area contributed by atoms with Crippen molar-refractivity contribution in [1.29, 1.82) is 0 Å². The van der Waals surface area contributed by atoms with Gasteiger partial charge in [0.2, 0.25) is 10.0 Å². The lowest BCUT2D eigenvalue weighted by molar-refractivity contribution is 0.0916. The molecular formula is C14H24N2O3S2. The van der Waals surface area contributed by atoms with Crippen molar-refractivity contribution < 1.29 is 13.2 Å². The minimum atomic E-state index is -3.45. The molecule has 1 heterocycles. The van der Waals surface area contributed by atoms with Crippen molar-refractivity contribution in [2.45, 2.75) is 56.0 Å². The molecule has 2 rings (SSSR count). The Morgan fingerprint density at radius 3 is 2.86 bits per heavy atom. The van der Waals surface area contributed by atoms with Gasteiger partial charge in [0.25, 0.3) is 0 Å². The van der Waals surface area contributed by atoms with Crippen LogP contribution in [0, 0.1) is 6.92 Å². The zero-order chi connectivity index (χ0) is 15.5. The topological polar surface area (TPSA) is 67.4 Å². The van der Waals surface area contributed by atoms with Gasteiger partial charge in [0.1, 0.15) is 4.21 Å². The minimum absolute atomic E-state index is 0.0120. The van der Waals surface area contributed by atoms with E-state index in [2.05, 4.69) is 10.0 Å². The van der Waals surface area contributed by atoms with Crippen LogP contribution in [-0.4, -0.2) is 34.2 Å². The molecule has 0 spiro atoms. The lowest BCUT2D eigenvalue weighted by Crippen LogP contribution is -2.40. The second-order valence-electron chi connectivity index (χ2n) is 5.38. The summed E-state index contributed by atoms with van der Waals surface area (Å²) in [5, 5.41) is 3.23. The van der Waals surface area contributed by atoms with Gasteiger partial charge < -0.3 is 10.1 Å². The van der Waals surface area contributed by atoms with Gasteiger partial charge in [-0.1, -0.05) is 6.92 Å². The van der Waals surface area contributed by atoms with Gasteiger partial charge in [0.05, 0.1) is 6.10 Å². The molecule has 5 nitrogen and oxygen atoms in total. The van der Waals surface area contributed by atoms with E-state index in [4.69, 9.17) is 4.74 Å². The Labute approximate surface area is 131 Å². The van der Waals surface area contributed by atoms with Crippen molar-refractivity contribution in [3.05, 3.63) is 16.5 Å². The highest BCUT2D eigenvalue weighted by atomic mass is 32.2. The first kappa shape index (κ1) is 16.9. The van der Waals surface area contributed by atoms with Gasteiger partial charge in [-0.25, -0.2) is 13.1 Å². The third kappa shape index (κ3) is 4.04. The van der Waals surface area contributed by atoms with E-state index in [1.54, 1.807) is 13.2 Å². The second kappa shape index (κ2) is 7.19. The molecule has 0 aliphatic heterocycles. The Kier molecular flexibility index (Phi) is 5.79. The van der Waals surface area contributed by atoms with Crippen LogP contribution < -0.4 is 10.0 Å². The first-order valence-corrected chi connectivity index (χ1v) is 9.63. The number of thiophene rings is 1. The fraction of sp³-hybridized carbons (Fsp3) is 0.714. The normalized spacial score (nSPS) is 22.8. The number of hydrogen-bond donors (Lipinski definition) is 2. The predicted molar refractivity (Wildman–Crippen MR) is 85.2 cm³/mol. The zero-order valence-electron chi connectivity index (χ0n) is 12.8. The molecule has 0 radical (unpaired) electrons. The number of aryl methyl sites for hydroxylation is 1. The van der Waals surface area contributed by atoms with Crippen molar-refractivity contribution in [1.82, 2.24) is 10.0 Å². The van der Waals surface area contributed by atoms with Crippen LogP contribution in [0.5, 0.6) is 0 Å². The van der Waals surface area contributed by atoms with Gasteiger partial charge in [-0.3, -0.25) is 0 Å². The number of methoxy groups -OCH3 is 1. The fourth-order valence-corrected chi connectivity index (χ4v) is 5.51. The van der Waals surface area contributed by atoms with Crippen LogP contribution in [0.25, 0.3) is 0 Å². The van der Waals surface area contributed by atoms with E-state index < -0.39 is 10.0 Å². The molecule has 1 saturated carbocycles. The van der Waals surface area contributed by atoms with Crippen molar-refractivity contribution in [3.8, 4) is 0 Å². The third-order valence-electron chi connectivity index (χ3n) is 3.86. The Balaban J connectivity index is 2.12. The lowest BCUT2D eigenvalue weighted by atomic mass is 10.2. The second-order valence-corrected chi connectivity index (χ2v) is 8.46. The standard InChI is InChI=1S/C14H24N2O3S2/c1-4-15-9-13-10(2)8-14(20-13)21(17,18)16-11-6-5-7-12(11)19-3/h8,11-12,15-16H,4-7,9H2,1-3H3. The molecular weight excluding hydrogens is 308 g/mol. The largest absolute Gasteiger partial charge is 0.380 e. The number of nitrogens with one attached hydrogen (secondary N) is 2. The third-order valence-corrected chi connectivity index (χ3v) is 7.06. The van der Waals surface area contributed by atoms with E-state index in [-0.39, 0.29) is 12.1 Å². The van der Waals surface area contributed by atoms with Crippen LogP contribution in [0.3, 0.4) is 0 Å². The molecule has 120 valence electrons. The fourth-order valence-electron chi connectivity index (χ4n) is 2.64. The molecule has 1 aromatic heterocycles. The molecule has 2 N–H and O–H groups in total. The first-order valence-electron chi connectivity index (χ1n) is 7.33. The van der Waals surface area contributed by atoms with E-state index in [1.165, 1.54) is 11.3 Å². The molecule has 1 aliphatic rings. The highest BCUT2D eigenvalue weighted by Gasteiger charge is 2.32. The van der Waals surface area contributed by atoms with Gasteiger partial charge in [0.15, 0.2) is 0 Å². The van der Waals surface area contributed by atoms with Crippen LogP contribution in [0.1, 0.15) is 36.6 Å². The van der Waals surface area contributed by atoms with Gasteiger partial charge >= 0.3 is 0 Å². The number of hydrogen-bond acceptors (Lipinski definition) is 5. The van der Waals surface area contributed by atoms with E-state index in [0.717, 1.165) is 36.2 Å². The molecule has 2 atom stereocenters. The Morgan fingerprint density at radius 1 is 1.43 bits per heavy atom. The van der Waals surface area contributed by atoms with Gasteiger partial charge in [-0.15, -0.1) is 11.3 Å². The number of ether oxygens (including phenoxy) is 1. The first-order chi connectivity index (χ1) is 9.97. The summed E-state index contributed by atoms with van der Waals surface area (Å²) >= 11 is 1.34. The van der Waals surface area contributed by atoms with Crippen LogP contribution >= 0.6 is 11.3 Å². The summed E-state index contributed by atoms with van der Waals surface area (Å²) in [6, 6.07) is 1.65. The molecule has 2 unspecified atom stereocenters. The van der Waals surface area contributed by atoms with Crippen molar-refractivity contribution >= 4 is 21.4 Å². The highest BCUT2D eigenvalue weighted by Crippen LogP contribution is 2.28. The summed E-state index contributed by atoms with van der Waals surface area (Å²) in [4.78, 5) is 1.08. The molecule has 0 saturated heterocycles. The number of rotatable bonds is 7. The maximum absolute atomic E-state index is 12.5. The quantitative estimate of drug-likeness (QED) is 0.801. The van der Waals surface area contributed by atoms with Gasteiger partial charge in [0, 0.05) is 24.6 Å². The Morgan fingerprint density at radius 2 is 2.19 bits per heavy atom. The molecule has 0 amide bonds. The van der Waals surface area contributed by atoms with E-state index >= 15 is 0 Å². The van der Waals surface area contributed by atoms with Crippen LogP contribution in [0.15, 0.2) is 10.3 Å². The Hall–Kier alpha value is -0.470. The van der Waals surface area contributed by atoms with E-state index in [9.17, 15) is 8.42 Å². The smallest absolute Gasteiger partial charge is 0.250 e. The van der Waals surface area contributed by atoms with Gasteiger partial charge in [-0.05, 0) is 44.4 Å². The monoisotopic (exact) mass is 332 g/mol. The van der Waals surface area contributed by atoms with Crippen LogP contribution in [0.4, 0.5) is 0 Å². The summed E-state index contributed by atoms with van der Waals surface area (Å²) in [6.45, 7) is 5.57. The highest BCUT2D eigenvalue weighted by molar-refractivity contribution is 7.91. The predicted octanol–water partition coefficient (Wildman–Crippen LogP) is 2.01. The van der Waals surface area contributed by atoms with Crippen LogP contribution in [-0.2, 0) is 21.3 Å². The maximum Gasteiger partial charge on any atom is 0.250 e. The number of sulfonamides is 1. The van der Waals surface area contributed by atoms with Crippen molar-refractivity contribution in [3.63, 3.8) is 0 Å². The molecule has 0 bridgehead atoms. The van der Waals surface area contributed by atoms with Crippen LogP contribution in [0.2, 0.25) is 0 Å². The molecule has 1 aliphatic carbocycles. The minimum Gasteiger partial charge on any atom is -0.380 e. The zero-order valence-corrected chi connectivity index (χ0v) is 14.4.